The number of nitrogens with one attached hydrogen (secondary N) is 2. The zero-order valence-corrected chi connectivity index (χ0v) is 20.5. The molecule has 9 heteroatoms. The Morgan fingerprint density at radius 3 is 2.49 bits per heavy atom. The van der Waals surface area contributed by atoms with Crippen molar-refractivity contribution in [3.8, 4) is 5.75 Å². The summed E-state index contributed by atoms with van der Waals surface area (Å²) in [6, 6.07) is 21.2. The Hall–Kier alpha value is -3.85. The van der Waals surface area contributed by atoms with Crippen LogP contribution in [0.25, 0.3) is 10.8 Å². The lowest BCUT2D eigenvalue weighted by atomic mass is 10.1. The molecule has 2 N–H and O–H groups in total. The number of hydrogen-bond acceptors (Lipinski definition) is 6. The van der Waals surface area contributed by atoms with Gasteiger partial charge in [-0.15, -0.1) is 10.2 Å². The summed E-state index contributed by atoms with van der Waals surface area (Å²) >= 11 is 1.32. The normalized spacial score (nSPS) is 10.8. The second kappa shape index (κ2) is 11.5. The minimum atomic E-state index is -0.120. The fraction of sp³-hybridized carbons (Fsp3) is 0.231. The molecule has 8 nitrogen and oxygen atoms in total. The second-order valence-electron chi connectivity index (χ2n) is 7.84. The van der Waals surface area contributed by atoms with Crippen LogP contribution < -0.4 is 15.4 Å². The van der Waals surface area contributed by atoms with Crippen LogP contribution in [0.15, 0.2) is 71.9 Å². The average molecular weight is 490 g/mol. The number of fused-ring (bicyclic) bond motifs is 1. The molecule has 0 atom stereocenters. The van der Waals surface area contributed by atoms with E-state index in [1.807, 2.05) is 78.2 Å². The number of rotatable bonds is 10. The van der Waals surface area contributed by atoms with E-state index < -0.39 is 0 Å². The van der Waals surface area contributed by atoms with Crippen molar-refractivity contribution in [3.05, 3.63) is 78.1 Å². The van der Waals surface area contributed by atoms with Crippen LogP contribution in [0.2, 0.25) is 0 Å². The summed E-state index contributed by atoms with van der Waals surface area (Å²) in [7, 11) is 1.61. The zero-order chi connectivity index (χ0) is 24.6. The molecule has 3 aromatic carbocycles. The van der Waals surface area contributed by atoms with E-state index in [1.54, 1.807) is 7.11 Å². The summed E-state index contributed by atoms with van der Waals surface area (Å²) in [6.45, 7) is 2.87. The molecule has 2 amide bonds. The predicted molar refractivity (Wildman–Crippen MR) is 138 cm³/mol. The van der Waals surface area contributed by atoms with Crippen molar-refractivity contribution in [2.75, 3.05) is 18.2 Å². The molecule has 0 bridgehead atoms. The number of hydrogen-bond donors (Lipinski definition) is 2. The van der Waals surface area contributed by atoms with Crippen molar-refractivity contribution < 1.29 is 14.3 Å². The molecular weight excluding hydrogens is 462 g/mol. The van der Waals surface area contributed by atoms with E-state index >= 15 is 0 Å². The quantitative estimate of drug-likeness (QED) is 0.326. The van der Waals surface area contributed by atoms with Crippen molar-refractivity contribution in [1.29, 1.82) is 0 Å². The summed E-state index contributed by atoms with van der Waals surface area (Å²) < 4.78 is 7.05. The van der Waals surface area contributed by atoms with Crippen LogP contribution in [0.3, 0.4) is 0 Å². The van der Waals surface area contributed by atoms with Gasteiger partial charge in [0.15, 0.2) is 11.0 Å². The van der Waals surface area contributed by atoms with Crippen LogP contribution in [0.4, 0.5) is 5.69 Å². The maximum absolute atomic E-state index is 12.5. The fourth-order valence-corrected chi connectivity index (χ4v) is 4.46. The summed E-state index contributed by atoms with van der Waals surface area (Å²) in [6.07, 6.45) is 0.265. The molecule has 4 rings (SSSR count). The van der Waals surface area contributed by atoms with Crippen LogP contribution in [0.5, 0.6) is 5.75 Å². The Morgan fingerprint density at radius 1 is 0.971 bits per heavy atom. The van der Waals surface area contributed by atoms with Crippen molar-refractivity contribution in [1.82, 2.24) is 20.1 Å². The number of carbonyl (C=O) groups excluding carboxylic acids is 2. The van der Waals surface area contributed by atoms with E-state index in [2.05, 4.69) is 20.8 Å². The Kier molecular flexibility index (Phi) is 7.99. The van der Waals surface area contributed by atoms with E-state index in [1.165, 1.54) is 11.8 Å². The zero-order valence-electron chi connectivity index (χ0n) is 19.7. The number of nitrogens with zero attached hydrogens (tertiary/aromatic N) is 3. The Labute approximate surface area is 208 Å². The third kappa shape index (κ3) is 6.39. The first kappa shape index (κ1) is 24.3. The largest absolute Gasteiger partial charge is 0.497 e. The van der Waals surface area contributed by atoms with Crippen LogP contribution in [0, 0.1) is 0 Å². The molecule has 1 heterocycles. The molecule has 0 aliphatic rings. The van der Waals surface area contributed by atoms with Gasteiger partial charge in [0.1, 0.15) is 5.75 Å². The van der Waals surface area contributed by atoms with E-state index in [-0.39, 0.29) is 30.5 Å². The van der Waals surface area contributed by atoms with Gasteiger partial charge in [0.25, 0.3) is 0 Å². The van der Waals surface area contributed by atoms with Gasteiger partial charge in [-0.25, -0.2) is 0 Å². The van der Waals surface area contributed by atoms with Gasteiger partial charge in [-0.05, 0) is 47.5 Å². The standard InChI is InChI=1S/C26H27N5O3S/c1-3-31-23(16-27-24(32)14-18-8-12-22(34-2)13-9-18)29-30-26(31)35-17-25(33)28-21-11-10-19-6-4-5-7-20(19)15-21/h4-13,15H,3,14,16-17H2,1-2H3,(H,27,32)(H,28,33). The molecule has 0 saturated heterocycles. The lowest BCUT2D eigenvalue weighted by Crippen LogP contribution is -2.26. The third-order valence-electron chi connectivity index (χ3n) is 5.44. The van der Waals surface area contributed by atoms with Crippen molar-refractivity contribution >= 4 is 40.0 Å². The smallest absolute Gasteiger partial charge is 0.234 e. The number of methoxy groups -OCH3 is 1. The SMILES string of the molecule is CCn1c(CNC(=O)Cc2ccc(OC)cc2)nnc1SCC(=O)Nc1ccc2ccccc2c1. The van der Waals surface area contributed by atoms with Crippen molar-refractivity contribution in [2.45, 2.75) is 31.6 Å². The van der Waals surface area contributed by atoms with Crippen LogP contribution in [-0.4, -0.2) is 39.4 Å². The molecule has 0 aliphatic carbocycles. The number of ether oxygens (including phenoxy) is 1. The van der Waals surface area contributed by atoms with E-state index in [4.69, 9.17) is 4.74 Å². The predicted octanol–water partition coefficient (Wildman–Crippen LogP) is 4.05. The highest BCUT2D eigenvalue weighted by molar-refractivity contribution is 7.99. The van der Waals surface area contributed by atoms with Gasteiger partial charge in [0.05, 0.1) is 25.8 Å². The molecule has 0 spiro atoms. The summed E-state index contributed by atoms with van der Waals surface area (Å²) in [5.41, 5.74) is 1.65. The van der Waals surface area contributed by atoms with Crippen molar-refractivity contribution in [2.24, 2.45) is 0 Å². The number of amides is 2. The monoisotopic (exact) mass is 489 g/mol. The summed E-state index contributed by atoms with van der Waals surface area (Å²) in [5, 5.41) is 17.1. The first-order valence-electron chi connectivity index (χ1n) is 11.3. The number of aromatic nitrogens is 3. The minimum Gasteiger partial charge on any atom is -0.497 e. The molecule has 0 radical (unpaired) electrons. The fourth-order valence-electron chi connectivity index (χ4n) is 3.64. The number of carbonyl (C=O) groups is 2. The average Bonchev–Trinajstić information content (AvgIpc) is 3.28. The van der Waals surface area contributed by atoms with Gasteiger partial charge in [0.2, 0.25) is 11.8 Å². The van der Waals surface area contributed by atoms with Crippen molar-refractivity contribution in [3.63, 3.8) is 0 Å². The van der Waals surface area contributed by atoms with E-state index in [0.29, 0.717) is 17.5 Å². The first-order chi connectivity index (χ1) is 17.1. The molecule has 35 heavy (non-hydrogen) atoms. The second-order valence-corrected chi connectivity index (χ2v) is 8.79. The summed E-state index contributed by atoms with van der Waals surface area (Å²) in [5.74, 6) is 1.37. The molecule has 1 aromatic heterocycles. The van der Waals surface area contributed by atoms with Gasteiger partial charge in [-0.2, -0.15) is 0 Å². The molecule has 0 unspecified atom stereocenters. The number of benzene rings is 3. The maximum Gasteiger partial charge on any atom is 0.234 e. The third-order valence-corrected chi connectivity index (χ3v) is 6.41. The Bertz CT molecular complexity index is 1320. The van der Waals surface area contributed by atoms with Gasteiger partial charge < -0.3 is 19.9 Å². The lowest BCUT2D eigenvalue weighted by Gasteiger charge is -2.09. The molecule has 0 saturated carbocycles. The van der Waals surface area contributed by atoms with Crippen LogP contribution >= 0.6 is 11.8 Å². The highest BCUT2D eigenvalue weighted by atomic mass is 32.2. The summed E-state index contributed by atoms with van der Waals surface area (Å²) in [4.78, 5) is 24.9. The Morgan fingerprint density at radius 2 is 1.74 bits per heavy atom. The van der Waals surface area contributed by atoms with E-state index in [9.17, 15) is 9.59 Å². The van der Waals surface area contributed by atoms with Crippen LogP contribution in [0.1, 0.15) is 18.3 Å². The molecule has 0 aliphatic heterocycles. The molecule has 180 valence electrons. The highest BCUT2D eigenvalue weighted by Gasteiger charge is 2.14. The van der Waals surface area contributed by atoms with Crippen LogP contribution in [-0.2, 0) is 29.1 Å². The van der Waals surface area contributed by atoms with Gasteiger partial charge >= 0.3 is 0 Å². The molecule has 0 fully saturated rings. The minimum absolute atomic E-state index is 0.107. The molecule has 4 aromatic rings. The highest BCUT2D eigenvalue weighted by Crippen LogP contribution is 2.21. The lowest BCUT2D eigenvalue weighted by molar-refractivity contribution is -0.120. The van der Waals surface area contributed by atoms with Gasteiger partial charge in [-0.1, -0.05) is 54.2 Å². The topological polar surface area (TPSA) is 98.1 Å². The molecular formula is C26H27N5O3S. The van der Waals surface area contributed by atoms with Gasteiger partial charge in [-0.3, -0.25) is 9.59 Å². The van der Waals surface area contributed by atoms with E-state index in [0.717, 1.165) is 27.8 Å². The maximum atomic E-state index is 12.5. The van der Waals surface area contributed by atoms with Gasteiger partial charge in [0, 0.05) is 12.2 Å². The number of anilines is 1. The first-order valence-corrected chi connectivity index (χ1v) is 12.3. The Balaban J connectivity index is 1.29. The number of thioether (sulfide) groups is 1.